The monoisotopic (exact) mass is 309 g/mol. The van der Waals surface area contributed by atoms with Crippen LogP contribution in [-0.4, -0.2) is 48.1 Å². The highest BCUT2D eigenvalue weighted by Crippen LogP contribution is 2.23. The van der Waals surface area contributed by atoms with Gasteiger partial charge in [-0.3, -0.25) is 9.80 Å². The largest absolute Gasteiger partial charge is 0.310 e. The molecular formula is C17H31N3S. The lowest BCUT2D eigenvalue weighted by Crippen LogP contribution is -2.48. The van der Waals surface area contributed by atoms with Crippen molar-refractivity contribution >= 4 is 11.3 Å². The van der Waals surface area contributed by atoms with Gasteiger partial charge >= 0.3 is 0 Å². The number of hydrogen-bond donors (Lipinski definition) is 1. The van der Waals surface area contributed by atoms with Crippen LogP contribution in [0.4, 0.5) is 0 Å². The molecule has 0 unspecified atom stereocenters. The topological polar surface area (TPSA) is 18.5 Å². The quantitative estimate of drug-likeness (QED) is 0.871. The molecule has 1 N–H and O–H groups in total. The molecule has 0 bridgehead atoms. The smallest absolute Gasteiger partial charge is 0.0302 e. The van der Waals surface area contributed by atoms with Crippen LogP contribution in [0.5, 0.6) is 0 Å². The molecule has 0 radical (unpaired) electrons. The molecular weight excluding hydrogens is 278 g/mol. The molecule has 0 aromatic carbocycles. The number of nitrogens with one attached hydrogen (secondary N) is 1. The maximum absolute atomic E-state index is 3.51. The van der Waals surface area contributed by atoms with Gasteiger partial charge in [0, 0.05) is 61.1 Å². The molecule has 120 valence electrons. The molecule has 3 nitrogen and oxygen atoms in total. The highest BCUT2D eigenvalue weighted by Gasteiger charge is 2.19. The van der Waals surface area contributed by atoms with Crippen LogP contribution in [0.15, 0.2) is 6.07 Å². The maximum Gasteiger partial charge on any atom is 0.0302 e. The summed E-state index contributed by atoms with van der Waals surface area (Å²) in [5.74, 6) is 0. The molecule has 0 saturated carbocycles. The van der Waals surface area contributed by atoms with Crippen LogP contribution >= 0.6 is 11.3 Å². The van der Waals surface area contributed by atoms with Crippen molar-refractivity contribution in [3.05, 3.63) is 21.4 Å². The second-order valence-corrected chi connectivity index (χ2v) is 8.08. The Hall–Kier alpha value is -0.420. The highest BCUT2D eigenvalue weighted by molar-refractivity contribution is 7.12. The first kappa shape index (κ1) is 16.9. The SMILES string of the molecule is Cc1sc(CNC(C)C)cc1CN1CCN(C(C)C)CC1. The summed E-state index contributed by atoms with van der Waals surface area (Å²) in [7, 11) is 0. The molecule has 1 saturated heterocycles. The molecule has 1 aromatic heterocycles. The van der Waals surface area contributed by atoms with Crippen molar-refractivity contribution in [1.82, 2.24) is 15.1 Å². The summed E-state index contributed by atoms with van der Waals surface area (Å²) in [5.41, 5.74) is 1.53. The Balaban J connectivity index is 1.86. The minimum atomic E-state index is 0.556. The second kappa shape index (κ2) is 7.73. The molecule has 0 amide bonds. The molecule has 1 aromatic rings. The lowest BCUT2D eigenvalue weighted by molar-refractivity contribution is 0.104. The number of hydrogen-bond acceptors (Lipinski definition) is 4. The summed E-state index contributed by atoms with van der Waals surface area (Å²) in [6.07, 6.45) is 0. The first-order valence-corrected chi connectivity index (χ1v) is 9.05. The van der Waals surface area contributed by atoms with Crippen LogP contribution in [0.3, 0.4) is 0 Å². The lowest BCUT2D eigenvalue weighted by Gasteiger charge is -2.36. The van der Waals surface area contributed by atoms with Gasteiger partial charge in [0.15, 0.2) is 0 Å². The fourth-order valence-electron chi connectivity index (χ4n) is 2.82. The van der Waals surface area contributed by atoms with Crippen LogP contribution in [0, 0.1) is 6.92 Å². The van der Waals surface area contributed by atoms with Crippen LogP contribution in [0.2, 0.25) is 0 Å². The van der Waals surface area contributed by atoms with Gasteiger partial charge in [-0.2, -0.15) is 0 Å². The third-order valence-electron chi connectivity index (χ3n) is 4.29. The Kier molecular flexibility index (Phi) is 6.23. The average molecular weight is 310 g/mol. The van der Waals surface area contributed by atoms with Gasteiger partial charge in [0.2, 0.25) is 0 Å². The summed E-state index contributed by atoms with van der Waals surface area (Å²) < 4.78 is 0. The minimum Gasteiger partial charge on any atom is -0.310 e. The Bertz CT molecular complexity index is 431. The zero-order valence-electron chi connectivity index (χ0n) is 14.3. The van der Waals surface area contributed by atoms with Crippen LogP contribution in [-0.2, 0) is 13.1 Å². The molecule has 2 heterocycles. The van der Waals surface area contributed by atoms with Crippen molar-refractivity contribution in [3.63, 3.8) is 0 Å². The highest BCUT2D eigenvalue weighted by atomic mass is 32.1. The predicted molar refractivity (Wildman–Crippen MR) is 93.0 cm³/mol. The van der Waals surface area contributed by atoms with Crippen LogP contribution in [0.1, 0.15) is 43.0 Å². The van der Waals surface area contributed by atoms with E-state index in [-0.39, 0.29) is 0 Å². The standard InChI is InChI=1S/C17H31N3S/c1-13(2)18-11-17-10-16(15(5)21-17)12-19-6-8-20(9-7-19)14(3)4/h10,13-14,18H,6-9,11-12H2,1-5H3. The molecule has 2 rings (SSSR count). The molecule has 21 heavy (non-hydrogen) atoms. The zero-order valence-corrected chi connectivity index (χ0v) is 15.1. The zero-order chi connectivity index (χ0) is 15.4. The normalized spacial score (nSPS) is 18.0. The average Bonchev–Trinajstić information content (AvgIpc) is 2.78. The van der Waals surface area contributed by atoms with Gasteiger partial charge in [0.25, 0.3) is 0 Å². The van der Waals surface area contributed by atoms with E-state index in [2.05, 4.69) is 55.8 Å². The van der Waals surface area contributed by atoms with Gasteiger partial charge in [-0.15, -0.1) is 11.3 Å². The van der Waals surface area contributed by atoms with Gasteiger partial charge < -0.3 is 5.32 Å². The third kappa shape index (κ3) is 5.06. The number of rotatable bonds is 6. The molecule has 4 heteroatoms. The van der Waals surface area contributed by atoms with E-state index in [4.69, 9.17) is 0 Å². The van der Waals surface area contributed by atoms with E-state index in [1.54, 1.807) is 0 Å². The van der Waals surface area contributed by atoms with E-state index in [1.165, 1.54) is 41.5 Å². The van der Waals surface area contributed by atoms with Crippen molar-refractivity contribution < 1.29 is 0 Å². The van der Waals surface area contributed by atoms with Gasteiger partial charge in [-0.25, -0.2) is 0 Å². The van der Waals surface area contributed by atoms with E-state index in [1.807, 2.05) is 11.3 Å². The van der Waals surface area contributed by atoms with Gasteiger partial charge in [-0.05, 0) is 32.4 Å². The van der Waals surface area contributed by atoms with Crippen LogP contribution in [0.25, 0.3) is 0 Å². The summed E-state index contributed by atoms with van der Waals surface area (Å²) in [5, 5.41) is 3.51. The van der Waals surface area contributed by atoms with E-state index in [0.29, 0.717) is 12.1 Å². The van der Waals surface area contributed by atoms with Crippen molar-refractivity contribution in [3.8, 4) is 0 Å². The summed E-state index contributed by atoms with van der Waals surface area (Å²) in [6.45, 7) is 18.2. The molecule has 0 spiro atoms. The van der Waals surface area contributed by atoms with Crippen molar-refractivity contribution in [2.24, 2.45) is 0 Å². The lowest BCUT2D eigenvalue weighted by atomic mass is 10.2. The Morgan fingerprint density at radius 2 is 1.81 bits per heavy atom. The Morgan fingerprint density at radius 3 is 2.38 bits per heavy atom. The van der Waals surface area contributed by atoms with E-state index < -0.39 is 0 Å². The molecule has 0 atom stereocenters. The predicted octanol–water partition coefficient (Wildman–Crippen LogP) is 3.08. The van der Waals surface area contributed by atoms with Gasteiger partial charge in [0.1, 0.15) is 0 Å². The Labute approximate surface area is 134 Å². The fourth-order valence-corrected chi connectivity index (χ4v) is 3.82. The Morgan fingerprint density at radius 1 is 1.14 bits per heavy atom. The third-order valence-corrected chi connectivity index (χ3v) is 5.38. The summed E-state index contributed by atoms with van der Waals surface area (Å²) >= 11 is 1.95. The summed E-state index contributed by atoms with van der Waals surface area (Å²) in [4.78, 5) is 8.14. The fraction of sp³-hybridized carbons (Fsp3) is 0.765. The number of aryl methyl sites for hydroxylation is 1. The number of piperazine rings is 1. The van der Waals surface area contributed by atoms with E-state index >= 15 is 0 Å². The van der Waals surface area contributed by atoms with Gasteiger partial charge in [0.05, 0.1) is 0 Å². The van der Waals surface area contributed by atoms with E-state index in [9.17, 15) is 0 Å². The second-order valence-electron chi connectivity index (χ2n) is 6.74. The van der Waals surface area contributed by atoms with Crippen molar-refractivity contribution in [2.45, 2.75) is 59.8 Å². The molecule has 1 aliphatic heterocycles. The van der Waals surface area contributed by atoms with Crippen molar-refractivity contribution in [2.75, 3.05) is 26.2 Å². The van der Waals surface area contributed by atoms with Gasteiger partial charge in [-0.1, -0.05) is 13.8 Å². The molecule has 0 aliphatic carbocycles. The number of thiophene rings is 1. The van der Waals surface area contributed by atoms with E-state index in [0.717, 1.165) is 13.1 Å². The maximum atomic E-state index is 3.51. The molecule has 1 fully saturated rings. The van der Waals surface area contributed by atoms with Crippen molar-refractivity contribution in [1.29, 1.82) is 0 Å². The minimum absolute atomic E-state index is 0.556. The summed E-state index contributed by atoms with van der Waals surface area (Å²) in [6, 6.07) is 3.65. The molecule has 1 aliphatic rings. The number of nitrogens with zero attached hydrogens (tertiary/aromatic N) is 2. The first-order chi connectivity index (χ1) is 9.95. The first-order valence-electron chi connectivity index (χ1n) is 8.23. The van der Waals surface area contributed by atoms with Crippen LogP contribution < -0.4 is 5.32 Å².